The number of benzene rings is 1. The van der Waals surface area contributed by atoms with Crippen molar-refractivity contribution >= 4 is 34.6 Å². The molecule has 3 aromatic rings. The van der Waals surface area contributed by atoms with Crippen LogP contribution in [-0.2, 0) is 9.53 Å². The van der Waals surface area contributed by atoms with Gasteiger partial charge < -0.3 is 19.5 Å². The summed E-state index contributed by atoms with van der Waals surface area (Å²) in [5.74, 6) is -0.403. The largest absolute Gasteiger partial charge is 0.486 e. The van der Waals surface area contributed by atoms with Crippen LogP contribution in [0.25, 0.3) is 11.0 Å². The number of nitrogens with zero attached hydrogens (tertiary/aromatic N) is 3. The molecule has 2 aromatic heterocycles. The number of carbonyl (C=O) groups is 3. The second-order valence-corrected chi connectivity index (χ2v) is 8.10. The molecule has 5 rings (SSSR count). The first-order valence-corrected chi connectivity index (χ1v) is 11.1. The van der Waals surface area contributed by atoms with Gasteiger partial charge in [-0.3, -0.25) is 10.1 Å². The number of pyridine rings is 1. The Morgan fingerprint density at radius 1 is 1.06 bits per heavy atom. The van der Waals surface area contributed by atoms with E-state index in [1.807, 2.05) is 4.68 Å². The summed E-state index contributed by atoms with van der Waals surface area (Å²) in [7, 11) is 0. The van der Waals surface area contributed by atoms with Gasteiger partial charge in [0.25, 0.3) is 5.91 Å². The minimum Gasteiger partial charge on any atom is -0.486 e. The Morgan fingerprint density at radius 2 is 1.85 bits per heavy atom. The molecule has 2 N–H and O–H groups in total. The molecule has 0 bridgehead atoms. The Labute approximate surface area is 194 Å². The van der Waals surface area contributed by atoms with Gasteiger partial charge in [0.2, 0.25) is 0 Å². The van der Waals surface area contributed by atoms with Crippen LogP contribution in [0.4, 0.5) is 10.5 Å². The van der Waals surface area contributed by atoms with Crippen molar-refractivity contribution in [3.63, 3.8) is 0 Å². The normalized spacial score (nSPS) is 15.2. The van der Waals surface area contributed by atoms with Gasteiger partial charge in [-0.25, -0.2) is 19.3 Å². The zero-order valence-electron chi connectivity index (χ0n) is 18.3. The van der Waals surface area contributed by atoms with Gasteiger partial charge in [-0.05, 0) is 31.0 Å². The summed E-state index contributed by atoms with van der Waals surface area (Å²) < 4.78 is 17.8. The van der Waals surface area contributed by atoms with Gasteiger partial charge in [0.1, 0.15) is 13.2 Å². The molecule has 1 aliphatic heterocycles. The first kappa shape index (κ1) is 21.7. The SMILES string of the molecule is O=C(COC(=O)c1cnc2c(cnn2C2CCCC2)c1)NC(=O)Nc1ccc2c(c1)OCCO2. The summed E-state index contributed by atoms with van der Waals surface area (Å²) in [6.07, 6.45) is 7.57. The highest BCUT2D eigenvalue weighted by atomic mass is 16.6. The molecule has 11 heteroatoms. The number of amides is 3. The maximum atomic E-state index is 12.4. The predicted octanol–water partition coefficient (Wildman–Crippen LogP) is 2.82. The summed E-state index contributed by atoms with van der Waals surface area (Å²) in [6, 6.07) is 6.08. The molecule has 0 saturated heterocycles. The number of aromatic nitrogens is 3. The third-order valence-electron chi connectivity index (χ3n) is 5.73. The first-order chi connectivity index (χ1) is 16.6. The topological polar surface area (TPSA) is 134 Å². The van der Waals surface area contributed by atoms with Gasteiger partial charge in [-0.1, -0.05) is 12.8 Å². The number of anilines is 1. The third-order valence-corrected chi connectivity index (χ3v) is 5.73. The maximum absolute atomic E-state index is 12.4. The molecule has 3 heterocycles. The van der Waals surface area contributed by atoms with Crippen LogP contribution in [-0.4, -0.2) is 52.5 Å². The quantitative estimate of drug-likeness (QED) is 0.550. The molecule has 2 aliphatic rings. The smallest absolute Gasteiger partial charge is 0.340 e. The fourth-order valence-electron chi connectivity index (χ4n) is 4.13. The van der Waals surface area contributed by atoms with E-state index in [1.54, 1.807) is 30.5 Å². The molecule has 11 nitrogen and oxygen atoms in total. The second kappa shape index (κ2) is 9.38. The van der Waals surface area contributed by atoms with Gasteiger partial charge in [-0.15, -0.1) is 0 Å². The van der Waals surface area contributed by atoms with Crippen molar-refractivity contribution in [2.75, 3.05) is 25.1 Å². The van der Waals surface area contributed by atoms with Gasteiger partial charge in [0.05, 0.1) is 17.8 Å². The van der Waals surface area contributed by atoms with Crippen LogP contribution in [0.5, 0.6) is 11.5 Å². The third kappa shape index (κ3) is 4.63. The van der Waals surface area contributed by atoms with E-state index in [9.17, 15) is 14.4 Å². The lowest BCUT2D eigenvalue weighted by Gasteiger charge is -2.19. The minimum absolute atomic E-state index is 0.201. The molecule has 176 valence electrons. The molecule has 0 atom stereocenters. The number of nitrogens with one attached hydrogen (secondary N) is 2. The molecule has 34 heavy (non-hydrogen) atoms. The lowest BCUT2D eigenvalue weighted by Crippen LogP contribution is -2.37. The summed E-state index contributed by atoms with van der Waals surface area (Å²) in [4.78, 5) is 40.9. The highest BCUT2D eigenvalue weighted by Gasteiger charge is 2.21. The van der Waals surface area contributed by atoms with Crippen molar-refractivity contribution in [2.45, 2.75) is 31.7 Å². The lowest BCUT2D eigenvalue weighted by atomic mass is 10.2. The molecule has 0 unspecified atom stereocenters. The Bertz CT molecular complexity index is 1250. The van der Waals surface area contributed by atoms with E-state index in [-0.39, 0.29) is 5.56 Å². The Hall–Kier alpha value is -4.15. The lowest BCUT2D eigenvalue weighted by molar-refractivity contribution is -0.123. The zero-order valence-corrected chi connectivity index (χ0v) is 18.3. The molecule has 1 saturated carbocycles. The fraction of sp³-hybridized carbons (Fsp3) is 0.348. The maximum Gasteiger partial charge on any atom is 0.340 e. The van der Waals surface area contributed by atoms with E-state index >= 15 is 0 Å². The Balaban J connectivity index is 1.13. The van der Waals surface area contributed by atoms with Crippen molar-refractivity contribution in [1.29, 1.82) is 0 Å². The molecule has 0 spiro atoms. The van der Waals surface area contributed by atoms with Crippen LogP contribution >= 0.6 is 0 Å². The number of ether oxygens (including phenoxy) is 3. The number of fused-ring (bicyclic) bond motifs is 2. The molecule has 1 aromatic carbocycles. The minimum atomic E-state index is -0.772. The summed E-state index contributed by atoms with van der Waals surface area (Å²) in [5.41, 5.74) is 1.34. The van der Waals surface area contributed by atoms with Crippen molar-refractivity contribution in [3.8, 4) is 11.5 Å². The van der Waals surface area contributed by atoms with Gasteiger partial charge >= 0.3 is 12.0 Å². The van der Waals surface area contributed by atoms with E-state index in [4.69, 9.17) is 14.2 Å². The average molecular weight is 465 g/mol. The second-order valence-electron chi connectivity index (χ2n) is 8.10. The van der Waals surface area contributed by atoms with Crippen molar-refractivity contribution in [3.05, 3.63) is 42.2 Å². The van der Waals surface area contributed by atoms with E-state index in [0.717, 1.165) is 23.9 Å². The molecule has 1 fully saturated rings. The highest BCUT2D eigenvalue weighted by Crippen LogP contribution is 2.33. The summed E-state index contributed by atoms with van der Waals surface area (Å²) >= 11 is 0. The average Bonchev–Trinajstić information content (AvgIpc) is 3.51. The number of esters is 1. The molecular weight excluding hydrogens is 442 g/mol. The molecule has 0 radical (unpaired) electrons. The van der Waals surface area contributed by atoms with E-state index in [1.165, 1.54) is 19.0 Å². The van der Waals surface area contributed by atoms with Gasteiger partial charge in [0.15, 0.2) is 23.8 Å². The highest BCUT2D eigenvalue weighted by molar-refractivity contribution is 6.02. The number of carbonyl (C=O) groups excluding carboxylic acids is 3. The van der Waals surface area contributed by atoms with E-state index in [2.05, 4.69) is 20.7 Å². The Kier molecular flexibility index (Phi) is 5.98. The molecule has 3 amide bonds. The van der Waals surface area contributed by atoms with Crippen LogP contribution in [0.3, 0.4) is 0 Å². The predicted molar refractivity (Wildman–Crippen MR) is 120 cm³/mol. The number of hydrogen-bond donors (Lipinski definition) is 2. The van der Waals surface area contributed by atoms with Gasteiger partial charge in [-0.2, -0.15) is 5.10 Å². The number of rotatable bonds is 5. The monoisotopic (exact) mass is 465 g/mol. The van der Waals surface area contributed by atoms with Crippen molar-refractivity contribution in [1.82, 2.24) is 20.1 Å². The van der Waals surface area contributed by atoms with E-state index < -0.39 is 24.5 Å². The Morgan fingerprint density at radius 3 is 2.68 bits per heavy atom. The number of hydrogen-bond acceptors (Lipinski definition) is 8. The number of imide groups is 1. The molecular formula is C23H23N5O6. The molecule has 1 aliphatic carbocycles. The van der Waals surface area contributed by atoms with Crippen molar-refractivity contribution < 1.29 is 28.6 Å². The van der Waals surface area contributed by atoms with Gasteiger partial charge in [0, 0.05) is 23.3 Å². The summed E-state index contributed by atoms with van der Waals surface area (Å²) in [6.45, 7) is 0.256. The standard InChI is InChI=1S/C23H23N5O6/c29-20(27-23(31)26-16-5-6-18-19(10-16)33-8-7-32-18)13-34-22(30)15-9-14-12-25-28(21(14)24-11-15)17-3-1-2-4-17/h5-6,9-12,17H,1-4,7-8,13H2,(H2,26,27,29,31). The fourth-order valence-corrected chi connectivity index (χ4v) is 4.13. The van der Waals surface area contributed by atoms with Crippen LogP contribution in [0.2, 0.25) is 0 Å². The van der Waals surface area contributed by atoms with Crippen LogP contribution in [0.15, 0.2) is 36.7 Å². The van der Waals surface area contributed by atoms with Crippen LogP contribution in [0.1, 0.15) is 42.1 Å². The van der Waals surface area contributed by atoms with Crippen molar-refractivity contribution in [2.24, 2.45) is 0 Å². The number of urea groups is 1. The van der Waals surface area contributed by atoms with Crippen LogP contribution < -0.4 is 20.1 Å². The zero-order chi connectivity index (χ0) is 23.5. The van der Waals surface area contributed by atoms with E-state index in [0.29, 0.717) is 36.4 Å². The first-order valence-electron chi connectivity index (χ1n) is 11.1. The summed E-state index contributed by atoms with van der Waals surface area (Å²) in [5, 5.41) is 9.78. The van der Waals surface area contributed by atoms with Crippen LogP contribution in [0, 0.1) is 0 Å².